The summed E-state index contributed by atoms with van der Waals surface area (Å²) in [4.78, 5) is 35.2. The van der Waals surface area contributed by atoms with Gasteiger partial charge in [0, 0.05) is 16.7 Å². The molecule has 0 unspecified atom stereocenters. The summed E-state index contributed by atoms with van der Waals surface area (Å²) in [6.07, 6.45) is 10.7. The Kier molecular flexibility index (Phi) is 3.28. The highest BCUT2D eigenvalue weighted by molar-refractivity contribution is 6.27. The summed E-state index contributed by atoms with van der Waals surface area (Å²) < 4.78 is 0. The Morgan fingerprint density at radius 2 is 1.63 bits per heavy atom. The summed E-state index contributed by atoms with van der Waals surface area (Å²) in [5.41, 5.74) is 2.91. The molecule has 0 N–H and O–H groups in total. The van der Waals surface area contributed by atoms with Crippen LogP contribution in [-0.4, -0.2) is 29.2 Å². The van der Waals surface area contributed by atoms with Gasteiger partial charge in [0.25, 0.3) is 0 Å². The van der Waals surface area contributed by atoms with Crippen molar-refractivity contribution in [1.29, 1.82) is 5.26 Å². The van der Waals surface area contributed by atoms with Crippen LogP contribution in [0.3, 0.4) is 0 Å². The standard InChI is InChI=1S/C22H13N3O2/c23-11-12-5-7-13(8-6-12)22-24-17-10-9-16-18(19(17)25-22)21(27)15-4-2-1-3-14(15)20(16)26/h1-10,14-15,19H/t14-,15+,19-/m1/s1. The Morgan fingerprint density at radius 3 is 2.33 bits per heavy atom. The number of hydrogen-bond acceptors (Lipinski definition) is 5. The van der Waals surface area contributed by atoms with Gasteiger partial charge in [-0.3, -0.25) is 14.6 Å². The van der Waals surface area contributed by atoms with Gasteiger partial charge in [0.1, 0.15) is 6.04 Å². The molecule has 3 atom stereocenters. The quantitative estimate of drug-likeness (QED) is 0.779. The number of fused-ring (bicyclic) bond motifs is 3. The lowest BCUT2D eigenvalue weighted by atomic mass is 9.69. The molecule has 4 aliphatic rings. The van der Waals surface area contributed by atoms with Gasteiger partial charge in [0.05, 0.1) is 29.2 Å². The van der Waals surface area contributed by atoms with Gasteiger partial charge in [-0.2, -0.15) is 5.26 Å². The molecule has 5 heteroatoms. The number of carbonyl (C=O) groups is 2. The number of Topliss-reactive ketones (excluding diaryl/α,β-unsaturated/α-hetero) is 2. The molecule has 5 rings (SSSR count). The first-order valence-electron chi connectivity index (χ1n) is 8.70. The molecule has 1 aromatic rings. The van der Waals surface area contributed by atoms with Gasteiger partial charge >= 0.3 is 0 Å². The smallest absolute Gasteiger partial charge is 0.171 e. The van der Waals surface area contributed by atoms with Crippen molar-refractivity contribution < 1.29 is 9.59 Å². The van der Waals surface area contributed by atoms with Crippen LogP contribution in [0.15, 0.2) is 81.9 Å². The van der Waals surface area contributed by atoms with Crippen LogP contribution in [0.4, 0.5) is 0 Å². The van der Waals surface area contributed by atoms with Gasteiger partial charge in [0.2, 0.25) is 0 Å². The number of amidine groups is 1. The average Bonchev–Trinajstić information content (AvgIpc) is 3.16. The van der Waals surface area contributed by atoms with Gasteiger partial charge in [-0.1, -0.05) is 24.3 Å². The van der Waals surface area contributed by atoms with Gasteiger partial charge < -0.3 is 0 Å². The zero-order valence-corrected chi connectivity index (χ0v) is 14.2. The number of hydrogen-bond donors (Lipinski definition) is 0. The molecule has 0 saturated carbocycles. The normalized spacial score (nSPS) is 27.6. The zero-order valence-electron chi connectivity index (χ0n) is 14.2. The summed E-state index contributed by atoms with van der Waals surface area (Å²) in [5, 5.41) is 8.94. The molecule has 0 fully saturated rings. The number of nitriles is 1. The van der Waals surface area contributed by atoms with E-state index in [1.165, 1.54) is 0 Å². The van der Waals surface area contributed by atoms with E-state index in [1.807, 2.05) is 12.2 Å². The molecule has 128 valence electrons. The third-order valence-electron chi connectivity index (χ3n) is 5.29. The van der Waals surface area contributed by atoms with Crippen molar-refractivity contribution in [3.05, 3.63) is 83.0 Å². The number of ketones is 2. The fourth-order valence-corrected chi connectivity index (χ4v) is 3.93. The van der Waals surface area contributed by atoms with Crippen LogP contribution in [0.25, 0.3) is 0 Å². The van der Waals surface area contributed by atoms with Gasteiger partial charge in [-0.25, -0.2) is 4.99 Å². The Morgan fingerprint density at radius 1 is 0.926 bits per heavy atom. The summed E-state index contributed by atoms with van der Waals surface area (Å²) in [5.74, 6) is -0.454. The minimum atomic E-state index is -0.535. The van der Waals surface area contributed by atoms with E-state index in [2.05, 4.69) is 16.1 Å². The molecule has 0 amide bonds. The van der Waals surface area contributed by atoms with Crippen molar-refractivity contribution >= 4 is 23.1 Å². The average molecular weight is 351 g/mol. The number of nitrogens with zero attached hydrogens (tertiary/aromatic N) is 3. The highest BCUT2D eigenvalue weighted by Gasteiger charge is 2.46. The highest BCUT2D eigenvalue weighted by Crippen LogP contribution is 2.38. The number of carbonyl (C=O) groups excluding carboxylic acids is 2. The predicted molar refractivity (Wildman–Crippen MR) is 100 cm³/mol. The molecular weight excluding hydrogens is 338 g/mol. The molecular formula is C22H13N3O2. The van der Waals surface area contributed by atoms with Crippen molar-refractivity contribution in [1.82, 2.24) is 0 Å². The second kappa shape index (κ2) is 5.68. The number of benzene rings is 1. The van der Waals surface area contributed by atoms with E-state index in [-0.39, 0.29) is 11.6 Å². The monoisotopic (exact) mass is 351 g/mol. The van der Waals surface area contributed by atoms with E-state index in [0.29, 0.717) is 28.3 Å². The topological polar surface area (TPSA) is 82.7 Å². The van der Waals surface area contributed by atoms with Crippen LogP contribution in [0, 0.1) is 23.2 Å². The molecule has 0 bridgehead atoms. The maximum atomic E-state index is 13.1. The number of rotatable bonds is 1. The summed E-state index contributed by atoms with van der Waals surface area (Å²) in [7, 11) is 0. The van der Waals surface area contributed by atoms with E-state index < -0.39 is 17.9 Å². The third-order valence-corrected chi connectivity index (χ3v) is 5.29. The fourth-order valence-electron chi connectivity index (χ4n) is 3.93. The van der Waals surface area contributed by atoms with Gasteiger partial charge in [0.15, 0.2) is 17.4 Å². The number of allylic oxidation sites excluding steroid dienone is 6. The first kappa shape index (κ1) is 15.6. The van der Waals surface area contributed by atoms with Crippen LogP contribution in [0.1, 0.15) is 11.1 Å². The molecule has 0 saturated heterocycles. The SMILES string of the molecule is N#Cc1ccc(C2=N[C@@H]3C(=N2)C=CC2=C3C(=O)[C@H]3C=CC=C[C@H]3C2=O)cc1. The van der Waals surface area contributed by atoms with Crippen molar-refractivity contribution in [2.24, 2.45) is 21.8 Å². The molecule has 1 aromatic carbocycles. The summed E-state index contributed by atoms with van der Waals surface area (Å²) in [6.45, 7) is 0. The van der Waals surface area contributed by atoms with Crippen LogP contribution >= 0.6 is 0 Å². The van der Waals surface area contributed by atoms with Crippen molar-refractivity contribution in [3.63, 3.8) is 0 Å². The van der Waals surface area contributed by atoms with Crippen molar-refractivity contribution in [2.45, 2.75) is 6.04 Å². The van der Waals surface area contributed by atoms with E-state index in [9.17, 15) is 9.59 Å². The molecule has 5 nitrogen and oxygen atoms in total. The Bertz CT molecular complexity index is 1120. The van der Waals surface area contributed by atoms with Gasteiger partial charge in [-0.15, -0.1) is 0 Å². The molecule has 0 aromatic heterocycles. The first-order chi connectivity index (χ1) is 13.2. The molecule has 1 aliphatic heterocycles. The molecule has 27 heavy (non-hydrogen) atoms. The minimum Gasteiger partial charge on any atom is -0.294 e. The zero-order chi connectivity index (χ0) is 18.5. The number of aliphatic imine (C=N–C) groups is 2. The maximum Gasteiger partial charge on any atom is 0.171 e. The Balaban J connectivity index is 1.58. The molecule has 0 radical (unpaired) electrons. The third kappa shape index (κ3) is 2.24. The summed E-state index contributed by atoms with van der Waals surface area (Å²) >= 11 is 0. The molecule has 3 aliphatic carbocycles. The van der Waals surface area contributed by atoms with Crippen LogP contribution in [0.5, 0.6) is 0 Å². The van der Waals surface area contributed by atoms with E-state index in [0.717, 1.165) is 5.56 Å². The van der Waals surface area contributed by atoms with Crippen molar-refractivity contribution in [3.8, 4) is 6.07 Å². The lowest BCUT2D eigenvalue weighted by Gasteiger charge is -2.32. The molecule has 1 heterocycles. The highest BCUT2D eigenvalue weighted by atomic mass is 16.1. The van der Waals surface area contributed by atoms with Crippen molar-refractivity contribution in [2.75, 3.05) is 0 Å². The Labute approximate surface area is 155 Å². The second-order valence-corrected chi connectivity index (χ2v) is 6.79. The maximum absolute atomic E-state index is 13.1. The largest absolute Gasteiger partial charge is 0.294 e. The van der Waals surface area contributed by atoms with E-state index in [4.69, 9.17) is 5.26 Å². The lowest BCUT2D eigenvalue weighted by Crippen LogP contribution is -2.41. The van der Waals surface area contributed by atoms with E-state index in [1.54, 1.807) is 48.6 Å². The van der Waals surface area contributed by atoms with E-state index >= 15 is 0 Å². The lowest BCUT2D eigenvalue weighted by molar-refractivity contribution is -0.127. The fraction of sp³-hybridized carbons (Fsp3) is 0.136. The second-order valence-electron chi connectivity index (χ2n) is 6.79. The molecule has 0 spiro atoms. The predicted octanol–water partition coefficient (Wildman–Crippen LogP) is 2.50. The first-order valence-corrected chi connectivity index (χ1v) is 8.70. The van der Waals surface area contributed by atoms with Crippen LogP contribution < -0.4 is 0 Å². The van der Waals surface area contributed by atoms with Gasteiger partial charge in [-0.05, 0) is 36.4 Å². The minimum absolute atomic E-state index is 0.0347. The Hall–Kier alpha value is -3.65. The van der Waals surface area contributed by atoms with Crippen LogP contribution in [0.2, 0.25) is 0 Å². The van der Waals surface area contributed by atoms with Crippen LogP contribution in [-0.2, 0) is 9.59 Å². The summed E-state index contributed by atoms with van der Waals surface area (Å²) in [6, 6.07) is 8.54.